The summed E-state index contributed by atoms with van der Waals surface area (Å²) in [5.74, 6) is -2.12. The van der Waals surface area contributed by atoms with Gasteiger partial charge in [0.15, 0.2) is 0 Å². The van der Waals surface area contributed by atoms with Crippen LogP contribution in [0.5, 0.6) is 0 Å². The van der Waals surface area contributed by atoms with Gasteiger partial charge in [-0.15, -0.1) is 0 Å². The van der Waals surface area contributed by atoms with Crippen LogP contribution in [-0.4, -0.2) is 36.9 Å². The van der Waals surface area contributed by atoms with Gasteiger partial charge >= 0.3 is 0 Å². The third kappa shape index (κ3) is 3.09. The molecule has 8 heteroatoms. The minimum Gasteiger partial charge on any atom is -0.366 e. The van der Waals surface area contributed by atoms with Gasteiger partial charge in [-0.1, -0.05) is 0 Å². The van der Waals surface area contributed by atoms with Crippen LogP contribution in [0.25, 0.3) is 0 Å². The maximum Gasteiger partial charge on any atom is 0.248 e. The van der Waals surface area contributed by atoms with Crippen molar-refractivity contribution in [2.45, 2.75) is 6.04 Å². The highest BCUT2D eigenvalue weighted by molar-refractivity contribution is 5.99. The number of carbonyl (C=O) groups excluding carboxylic acids is 3. The smallest absolute Gasteiger partial charge is 0.248 e. The van der Waals surface area contributed by atoms with E-state index in [1.807, 2.05) is 0 Å². The number of rotatable bonds is 3. The van der Waals surface area contributed by atoms with Gasteiger partial charge in [0.05, 0.1) is 12.2 Å². The lowest BCUT2D eigenvalue weighted by molar-refractivity contribution is -0.124. The van der Waals surface area contributed by atoms with Crippen LogP contribution in [-0.2, 0) is 9.59 Å². The third-order valence-corrected chi connectivity index (χ3v) is 2.84. The topological polar surface area (TPSA) is 113 Å². The number of nitrogens with two attached hydrogens (primary N) is 1. The molecule has 7 nitrogen and oxygen atoms in total. The van der Waals surface area contributed by atoms with Crippen LogP contribution in [0, 0.1) is 5.82 Å². The first kappa shape index (κ1) is 13.9. The summed E-state index contributed by atoms with van der Waals surface area (Å²) in [6, 6.07) is 2.78. The van der Waals surface area contributed by atoms with E-state index in [9.17, 15) is 18.8 Å². The van der Waals surface area contributed by atoms with Gasteiger partial charge in [-0.2, -0.15) is 0 Å². The molecule has 0 aromatic heterocycles. The standard InChI is InChI=1S/C12H13FN4O3/c13-7-2-1-6(11(14)19)3-8(7)17-12(20)9-4-16-10(18)5-15-9/h1-3,9,15H,4-5H2,(H2,14,19)(H,16,18)(H,17,20). The van der Waals surface area contributed by atoms with Crippen molar-refractivity contribution in [3.05, 3.63) is 29.6 Å². The minimum atomic E-state index is -0.719. The quantitative estimate of drug-likeness (QED) is 0.566. The van der Waals surface area contributed by atoms with Gasteiger partial charge in [0.1, 0.15) is 11.9 Å². The van der Waals surface area contributed by atoms with E-state index in [0.717, 1.165) is 12.1 Å². The largest absolute Gasteiger partial charge is 0.366 e. The SMILES string of the molecule is NC(=O)c1ccc(F)c(NC(=O)C2CNC(=O)CN2)c1. The molecule has 5 N–H and O–H groups in total. The number of hydrogen-bond acceptors (Lipinski definition) is 4. The average molecular weight is 280 g/mol. The maximum atomic E-state index is 13.6. The van der Waals surface area contributed by atoms with E-state index in [-0.39, 0.29) is 30.2 Å². The number of halogens is 1. The Balaban J connectivity index is 2.09. The van der Waals surface area contributed by atoms with Crippen molar-refractivity contribution >= 4 is 23.4 Å². The summed E-state index contributed by atoms with van der Waals surface area (Å²) >= 11 is 0. The molecule has 1 aliphatic rings. The Labute approximate surface area is 113 Å². The van der Waals surface area contributed by atoms with E-state index in [1.165, 1.54) is 6.07 Å². The molecule has 106 valence electrons. The van der Waals surface area contributed by atoms with Crippen molar-refractivity contribution < 1.29 is 18.8 Å². The molecule has 0 aliphatic carbocycles. The molecule has 0 spiro atoms. The van der Waals surface area contributed by atoms with Crippen LogP contribution in [0.15, 0.2) is 18.2 Å². The van der Waals surface area contributed by atoms with Gasteiger partial charge in [-0.3, -0.25) is 19.7 Å². The molecule has 20 heavy (non-hydrogen) atoms. The van der Waals surface area contributed by atoms with Gasteiger partial charge in [0.2, 0.25) is 17.7 Å². The number of carbonyl (C=O) groups is 3. The molecule has 1 atom stereocenters. The molecular weight excluding hydrogens is 267 g/mol. The van der Waals surface area contributed by atoms with Gasteiger partial charge in [0.25, 0.3) is 0 Å². The maximum absolute atomic E-state index is 13.6. The average Bonchev–Trinajstić information content (AvgIpc) is 2.41. The Bertz CT molecular complexity index is 566. The molecule has 0 saturated carbocycles. The molecule has 1 aromatic carbocycles. The minimum absolute atomic E-state index is 0.0158. The number of hydrogen-bond donors (Lipinski definition) is 4. The van der Waals surface area contributed by atoms with E-state index in [2.05, 4.69) is 16.0 Å². The molecule has 0 radical (unpaired) electrons. The zero-order valence-corrected chi connectivity index (χ0v) is 10.4. The normalized spacial score (nSPS) is 18.2. The number of anilines is 1. The molecule has 1 unspecified atom stereocenters. The Kier molecular flexibility index (Phi) is 3.94. The van der Waals surface area contributed by atoms with Gasteiger partial charge < -0.3 is 16.4 Å². The highest BCUT2D eigenvalue weighted by Crippen LogP contribution is 2.16. The second-order valence-corrected chi connectivity index (χ2v) is 4.29. The van der Waals surface area contributed by atoms with Crippen molar-refractivity contribution in [2.75, 3.05) is 18.4 Å². The lowest BCUT2D eigenvalue weighted by atomic mass is 10.1. The summed E-state index contributed by atoms with van der Waals surface area (Å²) in [6.07, 6.45) is 0. The van der Waals surface area contributed by atoms with Crippen LogP contribution in [0.4, 0.5) is 10.1 Å². The van der Waals surface area contributed by atoms with Crippen molar-refractivity contribution in [3.8, 4) is 0 Å². The van der Waals surface area contributed by atoms with Gasteiger partial charge in [-0.25, -0.2) is 4.39 Å². The Morgan fingerprint density at radius 2 is 2.15 bits per heavy atom. The number of amides is 3. The molecular formula is C12H13FN4O3. The lowest BCUT2D eigenvalue weighted by Crippen LogP contribution is -2.56. The zero-order valence-electron chi connectivity index (χ0n) is 10.4. The first-order valence-corrected chi connectivity index (χ1v) is 5.87. The van der Waals surface area contributed by atoms with Crippen LogP contribution in [0.3, 0.4) is 0 Å². The molecule has 3 amide bonds. The van der Waals surface area contributed by atoms with Gasteiger partial charge in [0, 0.05) is 12.1 Å². The van der Waals surface area contributed by atoms with E-state index in [0.29, 0.717) is 0 Å². The molecule has 1 heterocycles. The van der Waals surface area contributed by atoms with Crippen molar-refractivity contribution in [1.82, 2.24) is 10.6 Å². The number of primary amides is 1. The van der Waals surface area contributed by atoms with Crippen LogP contribution in [0.1, 0.15) is 10.4 Å². The lowest BCUT2D eigenvalue weighted by Gasteiger charge is -2.23. The Hall–Kier alpha value is -2.48. The van der Waals surface area contributed by atoms with Crippen LogP contribution >= 0.6 is 0 Å². The summed E-state index contributed by atoms with van der Waals surface area (Å²) < 4.78 is 13.6. The summed E-state index contributed by atoms with van der Waals surface area (Å²) in [5, 5.41) is 7.57. The second kappa shape index (κ2) is 5.66. The summed E-state index contributed by atoms with van der Waals surface area (Å²) in [4.78, 5) is 33.9. The molecule has 0 bridgehead atoms. The predicted molar refractivity (Wildman–Crippen MR) is 68.3 cm³/mol. The first-order valence-electron chi connectivity index (χ1n) is 5.87. The fourth-order valence-electron chi connectivity index (χ4n) is 1.75. The van der Waals surface area contributed by atoms with E-state index >= 15 is 0 Å². The number of piperazine rings is 1. The van der Waals surface area contributed by atoms with Crippen molar-refractivity contribution in [3.63, 3.8) is 0 Å². The van der Waals surface area contributed by atoms with Gasteiger partial charge in [-0.05, 0) is 18.2 Å². The Morgan fingerprint density at radius 1 is 1.40 bits per heavy atom. The molecule has 1 aromatic rings. The highest BCUT2D eigenvalue weighted by Gasteiger charge is 2.24. The van der Waals surface area contributed by atoms with E-state index in [4.69, 9.17) is 5.73 Å². The fourth-order valence-corrected chi connectivity index (χ4v) is 1.75. The van der Waals surface area contributed by atoms with E-state index < -0.39 is 23.7 Å². The summed E-state index contributed by atoms with van der Waals surface area (Å²) in [5.41, 5.74) is 5.04. The van der Waals surface area contributed by atoms with Crippen LogP contribution < -0.4 is 21.7 Å². The summed E-state index contributed by atoms with van der Waals surface area (Å²) in [6.45, 7) is 0.129. The molecule has 1 saturated heterocycles. The zero-order chi connectivity index (χ0) is 14.7. The number of nitrogens with one attached hydrogen (secondary N) is 3. The first-order chi connectivity index (χ1) is 9.47. The molecule has 1 aliphatic heterocycles. The molecule has 2 rings (SSSR count). The third-order valence-electron chi connectivity index (χ3n) is 2.84. The Morgan fingerprint density at radius 3 is 2.75 bits per heavy atom. The van der Waals surface area contributed by atoms with Crippen LogP contribution in [0.2, 0.25) is 0 Å². The molecule has 1 fully saturated rings. The predicted octanol–water partition coefficient (Wildman–Crippen LogP) is -1.05. The second-order valence-electron chi connectivity index (χ2n) is 4.29. The van der Waals surface area contributed by atoms with Crippen molar-refractivity contribution in [2.24, 2.45) is 5.73 Å². The fraction of sp³-hybridized carbons (Fsp3) is 0.250. The highest BCUT2D eigenvalue weighted by atomic mass is 19.1. The number of benzene rings is 1. The van der Waals surface area contributed by atoms with Crippen molar-refractivity contribution in [1.29, 1.82) is 0 Å². The summed E-state index contributed by atoms with van der Waals surface area (Å²) in [7, 11) is 0. The van der Waals surface area contributed by atoms with E-state index in [1.54, 1.807) is 0 Å². The monoisotopic (exact) mass is 280 g/mol.